The first-order chi connectivity index (χ1) is 10.7. The first-order valence-electron chi connectivity index (χ1n) is 6.63. The van der Waals surface area contributed by atoms with Gasteiger partial charge in [0.15, 0.2) is 0 Å². The molecular formula is C16H15O3PS2. The summed E-state index contributed by atoms with van der Waals surface area (Å²) in [5.41, 5.74) is 1.76. The van der Waals surface area contributed by atoms with E-state index in [1.54, 1.807) is 0 Å². The van der Waals surface area contributed by atoms with Crippen molar-refractivity contribution in [1.82, 2.24) is 0 Å². The van der Waals surface area contributed by atoms with Crippen molar-refractivity contribution in [3.05, 3.63) is 71.8 Å². The fourth-order valence-corrected chi connectivity index (χ4v) is 2.91. The third-order valence-corrected chi connectivity index (χ3v) is 4.30. The predicted molar refractivity (Wildman–Crippen MR) is 97.2 cm³/mol. The van der Waals surface area contributed by atoms with Gasteiger partial charge in [0.05, 0.1) is 13.2 Å². The molecule has 114 valence electrons. The highest BCUT2D eigenvalue weighted by Gasteiger charge is 2.07. The molecule has 0 N–H and O–H groups in total. The van der Waals surface area contributed by atoms with Gasteiger partial charge in [-0.15, -0.1) is 0 Å². The molecule has 0 spiro atoms. The SMILES string of the molecule is O=[PH](OCC(=S)c1ccccc1)OCC(=S)c1ccccc1. The second kappa shape index (κ2) is 9.03. The first-order valence-corrected chi connectivity index (χ1v) is 8.67. The zero-order chi connectivity index (χ0) is 15.8. The van der Waals surface area contributed by atoms with Gasteiger partial charge in [-0.25, -0.2) is 0 Å². The van der Waals surface area contributed by atoms with Gasteiger partial charge in [0.2, 0.25) is 0 Å². The summed E-state index contributed by atoms with van der Waals surface area (Å²) < 4.78 is 22.1. The topological polar surface area (TPSA) is 35.5 Å². The van der Waals surface area contributed by atoms with Crippen LogP contribution in [0.15, 0.2) is 60.7 Å². The summed E-state index contributed by atoms with van der Waals surface area (Å²) in [6, 6.07) is 18.9. The van der Waals surface area contributed by atoms with Crippen LogP contribution in [0.4, 0.5) is 0 Å². The van der Waals surface area contributed by atoms with E-state index in [1.807, 2.05) is 60.7 Å². The van der Waals surface area contributed by atoms with Crippen LogP contribution in [-0.2, 0) is 13.6 Å². The van der Waals surface area contributed by atoms with Gasteiger partial charge in [0.25, 0.3) is 0 Å². The van der Waals surface area contributed by atoms with Gasteiger partial charge in [-0.05, 0) is 11.1 Å². The van der Waals surface area contributed by atoms with Gasteiger partial charge < -0.3 is 9.05 Å². The normalized spacial score (nSPS) is 10.6. The summed E-state index contributed by atoms with van der Waals surface area (Å²) in [6.45, 7) is 0.185. The monoisotopic (exact) mass is 350 g/mol. The summed E-state index contributed by atoms with van der Waals surface area (Å²) in [5, 5.41) is 0. The molecule has 0 unspecified atom stereocenters. The summed E-state index contributed by atoms with van der Waals surface area (Å²) in [7, 11) is -2.62. The molecule has 0 saturated carbocycles. The molecule has 2 rings (SSSR count). The van der Waals surface area contributed by atoms with Crippen LogP contribution in [0.2, 0.25) is 0 Å². The Morgan fingerprint density at radius 2 is 1.14 bits per heavy atom. The molecule has 0 aliphatic carbocycles. The van der Waals surface area contributed by atoms with Crippen molar-refractivity contribution in [3.63, 3.8) is 0 Å². The lowest BCUT2D eigenvalue weighted by Gasteiger charge is -2.08. The van der Waals surface area contributed by atoms with Crippen LogP contribution in [-0.4, -0.2) is 22.9 Å². The van der Waals surface area contributed by atoms with Crippen molar-refractivity contribution in [3.8, 4) is 0 Å². The second-order valence-electron chi connectivity index (χ2n) is 4.41. The predicted octanol–water partition coefficient (Wildman–Crippen LogP) is 4.25. The Labute approximate surface area is 141 Å². The van der Waals surface area contributed by atoms with Crippen molar-refractivity contribution in [2.45, 2.75) is 0 Å². The Hall–Kier alpha value is -1.23. The summed E-state index contributed by atoms with van der Waals surface area (Å²) in [6.07, 6.45) is 0. The van der Waals surface area contributed by atoms with Crippen LogP contribution >= 0.6 is 32.7 Å². The van der Waals surface area contributed by atoms with Crippen LogP contribution in [0.5, 0.6) is 0 Å². The Morgan fingerprint density at radius 1 is 0.773 bits per heavy atom. The van der Waals surface area contributed by atoms with E-state index in [1.165, 1.54) is 0 Å². The maximum absolute atomic E-state index is 11.7. The quantitative estimate of drug-likeness (QED) is 0.404. The van der Waals surface area contributed by atoms with E-state index < -0.39 is 8.25 Å². The van der Waals surface area contributed by atoms with E-state index in [-0.39, 0.29) is 13.2 Å². The third kappa shape index (κ3) is 5.52. The number of rotatable bonds is 8. The minimum absolute atomic E-state index is 0.0925. The molecule has 22 heavy (non-hydrogen) atoms. The summed E-state index contributed by atoms with van der Waals surface area (Å²) in [4.78, 5) is 1.18. The molecule has 0 aromatic heterocycles. The molecule has 2 aromatic rings. The highest BCUT2D eigenvalue weighted by molar-refractivity contribution is 7.81. The zero-order valence-corrected chi connectivity index (χ0v) is 14.4. The molecule has 0 amide bonds. The molecule has 0 aliphatic rings. The molecule has 0 fully saturated rings. The molecule has 6 heteroatoms. The molecule has 0 radical (unpaired) electrons. The fraction of sp³-hybridized carbons (Fsp3) is 0.125. The van der Waals surface area contributed by atoms with E-state index in [4.69, 9.17) is 33.5 Å². The Morgan fingerprint density at radius 3 is 1.50 bits per heavy atom. The van der Waals surface area contributed by atoms with Crippen LogP contribution < -0.4 is 0 Å². The van der Waals surface area contributed by atoms with Gasteiger partial charge in [-0.3, -0.25) is 4.57 Å². The van der Waals surface area contributed by atoms with Crippen LogP contribution in [0.3, 0.4) is 0 Å². The minimum atomic E-state index is -2.62. The molecule has 0 saturated heterocycles. The second-order valence-corrected chi connectivity index (χ2v) is 6.47. The lowest BCUT2D eigenvalue weighted by Crippen LogP contribution is -2.07. The van der Waals surface area contributed by atoms with Crippen molar-refractivity contribution < 1.29 is 13.6 Å². The molecule has 0 aliphatic heterocycles. The van der Waals surface area contributed by atoms with E-state index in [2.05, 4.69) is 0 Å². The molecular weight excluding hydrogens is 335 g/mol. The first kappa shape index (κ1) is 17.1. The lowest BCUT2D eigenvalue weighted by molar-refractivity contribution is 0.274. The van der Waals surface area contributed by atoms with Crippen molar-refractivity contribution in [1.29, 1.82) is 0 Å². The van der Waals surface area contributed by atoms with Gasteiger partial charge in [-0.2, -0.15) is 0 Å². The van der Waals surface area contributed by atoms with Gasteiger partial charge >= 0.3 is 8.25 Å². The number of hydrogen-bond acceptors (Lipinski definition) is 5. The standard InChI is InChI=1S/C16H15O3PS2/c17-20(18-11-15(21)13-7-3-1-4-8-13)19-12-16(22)14-9-5-2-6-10-14/h1-10,20H,11-12H2. The van der Waals surface area contributed by atoms with Crippen LogP contribution in [0, 0.1) is 0 Å². The average Bonchev–Trinajstić information content (AvgIpc) is 2.59. The molecule has 3 nitrogen and oxygen atoms in total. The number of benzene rings is 2. The van der Waals surface area contributed by atoms with Crippen LogP contribution in [0.25, 0.3) is 0 Å². The Balaban J connectivity index is 1.74. The van der Waals surface area contributed by atoms with Crippen LogP contribution in [0.1, 0.15) is 11.1 Å². The Kier molecular flexibility index (Phi) is 7.03. The van der Waals surface area contributed by atoms with E-state index in [0.717, 1.165) is 11.1 Å². The van der Waals surface area contributed by atoms with Crippen molar-refractivity contribution in [2.75, 3.05) is 13.2 Å². The molecule has 0 heterocycles. The molecule has 2 aromatic carbocycles. The highest BCUT2D eigenvalue weighted by atomic mass is 32.1. The van der Waals surface area contributed by atoms with E-state index >= 15 is 0 Å². The lowest BCUT2D eigenvalue weighted by atomic mass is 10.2. The fourth-order valence-electron chi connectivity index (χ4n) is 1.71. The Bertz CT molecular complexity index is 602. The largest absolute Gasteiger partial charge is 0.319 e. The van der Waals surface area contributed by atoms with Gasteiger partial charge in [0, 0.05) is 9.73 Å². The average molecular weight is 350 g/mol. The number of thiocarbonyl (C=S) groups is 2. The van der Waals surface area contributed by atoms with Gasteiger partial charge in [-0.1, -0.05) is 85.1 Å². The minimum Gasteiger partial charge on any atom is -0.305 e. The zero-order valence-electron chi connectivity index (χ0n) is 11.7. The van der Waals surface area contributed by atoms with Crippen molar-refractivity contribution in [2.24, 2.45) is 0 Å². The summed E-state index contributed by atoms with van der Waals surface area (Å²) >= 11 is 10.4. The smallest absolute Gasteiger partial charge is 0.305 e. The summed E-state index contributed by atoms with van der Waals surface area (Å²) in [5.74, 6) is 0. The van der Waals surface area contributed by atoms with E-state index in [9.17, 15) is 4.57 Å². The van der Waals surface area contributed by atoms with Crippen molar-refractivity contribution >= 4 is 42.4 Å². The molecule has 0 atom stereocenters. The maximum Gasteiger partial charge on any atom is 0.319 e. The third-order valence-electron chi connectivity index (χ3n) is 2.83. The van der Waals surface area contributed by atoms with E-state index in [0.29, 0.717) is 9.73 Å². The molecule has 0 bridgehead atoms. The number of hydrogen-bond donors (Lipinski definition) is 0. The highest BCUT2D eigenvalue weighted by Crippen LogP contribution is 2.24. The van der Waals surface area contributed by atoms with Gasteiger partial charge in [0.1, 0.15) is 0 Å². The maximum atomic E-state index is 11.7.